The van der Waals surface area contributed by atoms with Gasteiger partial charge < -0.3 is 0 Å². The number of nitrogens with two attached hydrogens (primary N) is 1. The van der Waals surface area contributed by atoms with E-state index >= 15 is 0 Å². The molecule has 1 atom stereocenters. The minimum atomic E-state index is -0.356. The van der Waals surface area contributed by atoms with Gasteiger partial charge in [0.15, 0.2) is 6.29 Å². The van der Waals surface area contributed by atoms with Crippen LogP contribution < -0.4 is 11.1 Å². The summed E-state index contributed by atoms with van der Waals surface area (Å²) in [5.41, 5.74) is 5.22. The van der Waals surface area contributed by atoms with Gasteiger partial charge in [0.1, 0.15) is 0 Å². The lowest BCUT2D eigenvalue weighted by Crippen LogP contribution is -2.27. The van der Waals surface area contributed by atoms with E-state index in [1.807, 2.05) is 0 Å². The van der Waals surface area contributed by atoms with E-state index in [-0.39, 0.29) is 6.29 Å². The molecule has 1 unspecified atom stereocenters. The molecule has 2 N–H and O–H groups in total. The van der Waals surface area contributed by atoms with Crippen molar-refractivity contribution in [1.82, 2.24) is 5.32 Å². The molecule has 1 heterocycles. The molecular weight excluding hydrogens is 90.1 g/mol. The second kappa shape index (κ2) is 1.75. The number of aliphatic imine (C=N–C) groups is 1. The van der Waals surface area contributed by atoms with Gasteiger partial charge in [-0.2, -0.15) is 0 Å². The molecule has 1 rings (SSSR count). The summed E-state index contributed by atoms with van der Waals surface area (Å²) in [6.07, 6.45) is 4.66. The Morgan fingerprint density at radius 2 is 2.43 bits per heavy atom. The normalized spacial score (nSPS) is 27.3. The Labute approximate surface area is 41.9 Å². The molecule has 0 spiro atoms. The van der Waals surface area contributed by atoms with E-state index in [2.05, 4.69) is 10.3 Å². The van der Waals surface area contributed by atoms with Crippen LogP contribution in [-0.4, -0.2) is 12.5 Å². The Morgan fingerprint density at radius 3 is 2.71 bits per heavy atom. The molecule has 0 saturated carbocycles. The van der Waals surface area contributed by atoms with Crippen LogP contribution in [0.5, 0.6) is 0 Å². The first-order valence-electron chi connectivity index (χ1n) is 2.03. The Kier molecular flexibility index (Phi) is 1.08. The Hall–Kier alpha value is -0.830. The Bertz CT molecular complexity index is 106. The first kappa shape index (κ1) is 4.33. The fraction of sp³-hybridized carbons (Fsp3) is 0.250. The lowest BCUT2D eigenvalue weighted by molar-refractivity contribution is 0.628. The third kappa shape index (κ3) is 1.01. The maximum atomic E-state index is 5.22. The summed E-state index contributed by atoms with van der Waals surface area (Å²) in [7, 11) is 0. The molecule has 0 aliphatic carbocycles. The molecule has 0 amide bonds. The highest BCUT2D eigenvalue weighted by Gasteiger charge is 1.94. The van der Waals surface area contributed by atoms with Gasteiger partial charge in [0, 0.05) is 12.4 Å². The van der Waals surface area contributed by atoms with Gasteiger partial charge >= 0.3 is 0 Å². The van der Waals surface area contributed by atoms with E-state index < -0.39 is 0 Å². The highest BCUT2D eigenvalue weighted by molar-refractivity contribution is 5.71. The quantitative estimate of drug-likeness (QED) is 0.431. The fourth-order valence-corrected chi connectivity index (χ4v) is 0.353. The summed E-state index contributed by atoms with van der Waals surface area (Å²) in [4.78, 5) is 3.73. The number of hydrogen-bond donors (Lipinski definition) is 1. The highest BCUT2D eigenvalue weighted by atomic mass is 15.2. The third-order valence-corrected chi connectivity index (χ3v) is 0.650. The number of hydrogen-bond acceptors (Lipinski definition) is 2. The van der Waals surface area contributed by atoms with E-state index in [0.29, 0.717) is 0 Å². The second-order valence-corrected chi connectivity index (χ2v) is 1.20. The maximum absolute atomic E-state index is 5.22. The van der Waals surface area contributed by atoms with Crippen molar-refractivity contribution < 1.29 is 0 Å². The molecule has 3 heteroatoms. The fourth-order valence-electron chi connectivity index (χ4n) is 0.353. The molecule has 0 saturated heterocycles. The van der Waals surface area contributed by atoms with Gasteiger partial charge in [0.25, 0.3) is 0 Å². The molecule has 1 radical (unpaired) electrons. The second-order valence-electron chi connectivity index (χ2n) is 1.20. The lowest BCUT2D eigenvalue weighted by atomic mass is 10.6. The maximum Gasteiger partial charge on any atom is 0.191 e. The molecule has 7 heavy (non-hydrogen) atoms. The third-order valence-electron chi connectivity index (χ3n) is 0.650. The molecule has 0 aromatic carbocycles. The van der Waals surface area contributed by atoms with E-state index in [0.717, 1.165) is 0 Å². The summed E-state index contributed by atoms with van der Waals surface area (Å²) in [6, 6.07) is 0. The number of rotatable bonds is 0. The summed E-state index contributed by atoms with van der Waals surface area (Å²) in [6.45, 7) is 0. The number of allylic oxidation sites excluding steroid dienone is 1. The number of nitrogens with zero attached hydrogens (tertiary/aromatic N) is 2. The van der Waals surface area contributed by atoms with Crippen LogP contribution in [-0.2, 0) is 0 Å². The van der Waals surface area contributed by atoms with Crippen LogP contribution >= 0.6 is 0 Å². The van der Waals surface area contributed by atoms with Gasteiger partial charge in [-0.1, -0.05) is 0 Å². The predicted octanol–water partition coefficient (Wildman–Crippen LogP) is -0.569. The summed E-state index contributed by atoms with van der Waals surface area (Å²) < 4.78 is 0. The van der Waals surface area contributed by atoms with Crippen LogP contribution in [0.2, 0.25) is 0 Å². The van der Waals surface area contributed by atoms with Crippen LogP contribution in [0.15, 0.2) is 17.3 Å². The molecule has 1 aliphatic rings. The molecule has 0 aromatic rings. The van der Waals surface area contributed by atoms with Crippen molar-refractivity contribution >= 4 is 6.21 Å². The van der Waals surface area contributed by atoms with E-state index in [4.69, 9.17) is 5.73 Å². The van der Waals surface area contributed by atoms with Crippen molar-refractivity contribution in [3.8, 4) is 0 Å². The first-order chi connectivity index (χ1) is 3.39. The molecule has 0 bridgehead atoms. The van der Waals surface area contributed by atoms with Crippen molar-refractivity contribution in [3.05, 3.63) is 12.3 Å². The Balaban J connectivity index is 2.49. The molecule has 3 nitrogen and oxygen atoms in total. The summed E-state index contributed by atoms with van der Waals surface area (Å²) in [5, 5.41) is 3.73. The molecule has 0 fully saturated rings. The minimum Gasteiger partial charge on any atom is -0.291 e. The zero-order valence-electron chi connectivity index (χ0n) is 3.78. The van der Waals surface area contributed by atoms with Crippen LogP contribution in [0.1, 0.15) is 0 Å². The highest BCUT2D eigenvalue weighted by Crippen LogP contribution is 1.82. The van der Waals surface area contributed by atoms with Gasteiger partial charge in [0.2, 0.25) is 0 Å². The molecule has 0 aromatic heterocycles. The van der Waals surface area contributed by atoms with Gasteiger partial charge in [-0.3, -0.25) is 16.0 Å². The van der Waals surface area contributed by atoms with Crippen LogP contribution in [0, 0.1) is 0 Å². The monoisotopic (exact) mass is 96.1 g/mol. The van der Waals surface area contributed by atoms with Crippen molar-refractivity contribution in [2.45, 2.75) is 6.29 Å². The smallest absolute Gasteiger partial charge is 0.191 e. The van der Waals surface area contributed by atoms with Gasteiger partial charge in [-0.05, 0) is 6.08 Å². The lowest BCUT2D eigenvalue weighted by Gasteiger charge is -2.03. The van der Waals surface area contributed by atoms with Crippen LogP contribution in [0.3, 0.4) is 0 Å². The first-order valence-corrected chi connectivity index (χ1v) is 2.03. The topological polar surface area (TPSA) is 52.5 Å². The zero-order valence-corrected chi connectivity index (χ0v) is 3.78. The van der Waals surface area contributed by atoms with Crippen molar-refractivity contribution in [2.75, 3.05) is 0 Å². The Morgan fingerprint density at radius 1 is 1.57 bits per heavy atom. The summed E-state index contributed by atoms with van der Waals surface area (Å²) in [5.74, 6) is 0. The van der Waals surface area contributed by atoms with Crippen molar-refractivity contribution in [1.29, 1.82) is 0 Å². The standard InChI is InChI=1S/C4H6N3/c5-4-6-2-1-3-7-4/h1-4H,5H2. The largest absolute Gasteiger partial charge is 0.291 e. The summed E-state index contributed by atoms with van der Waals surface area (Å²) >= 11 is 0. The van der Waals surface area contributed by atoms with Crippen molar-refractivity contribution in [2.24, 2.45) is 10.7 Å². The average Bonchev–Trinajstić information content (AvgIpc) is 1.69. The van der Waals surface area contributed by atoms with E-state index in [1.165, 1.54) is 0 Å². The molecule has 1 aliphatic heterocycles. The van der Waals surface area contributed by atoms with Crippen molar-refractivity contribution in [3.63, 3.8) is 0 Å². The van der Waals surface area contributed by atoms with Gasteiger partial charge in [-0.25, -0.2) is 0 Å². The van der Waals surface area contributed by atoms with Gasteiger partial charge in [-0.15, -0.1) is 0 Å². The predicted molar refractivity (Wildman–Crippen MR) is 27.7 cm³/mol. The molecule has 37 valence electrons. The SMILES string of the molecule is NC1[N]C=CC=N1. The molecular formula is C4H6N3. The van der Waals surface area contributed by atoms with Gasteiger partial charge in [0.05, 0.1) is 0 Å². The minimum absolute atomic E-state index is 0.356. The van der Waals surface area contributed by atoms with Crippen LogP contribution in [0.4, 0.5) is 0 Å². The van der Waals surface area contributed by atoms with E-state index in [1.54, 1.807) is 18.5 Å². The zero-order chi connectivity index (χ0) is 5.11. The van der Waals surface area contributed by atoms with Crippen LogP contribution in [0.25, 0.3) is 0 Å². The average molecular weight is 96.1 g/mol. The van der Waals surface area contributed by atoms with E-state index in [9.17, 15) is 0 Å².